The Labute approximate surface area is 70.8 Å². The fraction of sp³-hybridized carbons (Fsp3) is 0.125. The van der Waals surface area contributed by atoms with Crippen molar-refractivity contribution in [3.63, 3.8) is 0 Å². The van der Waals surface area contributed by atoms with Crippen molar-refractivity contribution in [3.05, 3.63) is 40.2 Å². The molecule has 0 heterocycles. The third kappa shape index (κ3) is 1.65. The molecule has 0 saturated carbocycles. The highest BCUT2D eigenvalue weighted by Crippen LogP contribution is 2.22. The molecular formula is C8H7Cl2. The van der Waals surface area contributed by atoms with Crippen molar-refractivity contribution in [2.45, 2.75) is 6.92 Å². The summed E-state index contributed by atoms with van der Waals surface area (Å²) in [7, 11) is 0. The average Bonchev–Trinajstić information content (AvgIpc) is 1.95. The molecule has 1 radical (unpaired) electrons. The number of hydrogen-bond donors (Lipinski definition) is 0. The van der Waals surface area contributed by atoms with Crippen LogP contribution in [0.15, 0.2) is 18.2 Å². The zero-order valence-electron chi connectivity index (χ0n) is 5.57. The summed E-state index contributed by atoms with van der Waals surface area (Å²) >= 11 is 11.4. The highest BCUT2D eigenvalue weighted by atomic mass is 35.5. The molecule has 0 amide bonds. The quantitative estimate of drug-likeness (QED) is 0.610. The first-order chi connectivity index (χ1) is 4.74. The highest BCUT2D eigenvalue weighted by Gasteiger charge is 1.96. The summed E-state index contributed by atoms with van der Waals surface area (Å²) in [5.41, 5.74) is 1.09. The molecule has 0 spiro atoms. The molecule has 0 aromatic heterocycles. The van der Waals surface area contributed by atoms with Crippen molar-refractivity contribution in [2.24, 2.45) is 0 Å². The predicted molar refractivity (Wildman–Crippen MR) is 45.5 cm³/mol. The van der Waals surface area contributed by atoms with Gasteiger partial charge in [0.05, 0.1) is 10.0 Å². The Kier molecular flexibility index (Phi) is 2.58. The van der Waals surface area contributed by atoms with Crippen molar-refractivity contribution in [1.29, 1.82) is 0 Å². The van der Waals surface area contributed by atoms with Gasteiger partial charge in [-0.25, -0.2) is 0 Å². The first-order valence-electron chi connectivity index (χ1n) is 2.98. The minimum atomic E-state index is 0.604. The molecule has 10 heavy (non-hydrogen) atoms. The second-order valence-corrected chi connectivity index (χ2v) is 2.78. The molecule has 0 fully saturated rings. The van der Waals surface area contributed by atoms with Crippen molar-refractivity contribution in [1.82, 2.24) is 0 Å². The van der Waals surface area contributed by atoms with Crippen LogP contribution in [0.2, 0.25) is 10.0 Å². The summed E-state index contributed by atoms with van der Waals surface area (Å²) in [6.45, 7) is 1.96. The minimum absolute atomic E-state index is 0.604. The maximum atomic E-state index is 5.74. The lowest BCUT2D eigenvalue weighted by molar-refractivity contribution is 1.42. The molecule has 0 bridgehead atoms. The van der Waals surface area contributed by atoms with Gasteiger partial charge in [-0.15, -0.1) is 0 Å². The van der Waals surface area contributed by atoms with Crippen LogP contribution < -0.4 is 0 Å². The van der Waals surface area contributed by atoms with Gasteiger partial charge in [0, 0.05) is 0 Å². The third-order valence-electron chi connectivity index (χ3n) is 1.28. The van der Waals surface area contributed by atoms with Crippen molar-refractivity contribution in [2.75, 3.05) is 0 Å². The lowest BCUT2D eigenvalue weighted by Crippen LogP contribution is -1.76. The topological polar surface area (TPSA) is 0 Å². The molecule has 0 atom stereocenters. The Morgan fingerprint density at radius 2 is 1.90 bits per heavy atom. The van der Waals surface area contributed by atoms with Gasteiger partial charge in [-0.05, 0) is 24.1 Å². The van der Waals surface area contributed by atoms with Crippen LogP contribution in [0.1, 0.15) is 12.5 Å². The lowest BCUT2D eigenvalue weighted by Gasteiger charge is -1.97. The van der Waals surface area contributed by atoms with E-state index in [4.69, 9.17) is 23.2 Å². The molecule has 53 valence electrons. The molecule has 0 N–H and O–H groups in total. The van der Waals surface area contributed by atoms with E-state index in [1.165, 1.54) is 0 Å². The molecule has 0 aliphatic heterocycles. The van der Waals surface area contributed by atoms with Crippen molar-refractivity contribution >= 4 is 23.2 Å². The Morgan fingerprint density at radius 1 is 1.20 bits per heavy atom. The predicted octanol–water partition coefficient (Wildman–Crippen LogP) is 3.57. The number of benzene rings is 1. The smallest absolute Gasteiger partial charge is 0.0595 e. The standard InChI is InChI=1S/C8H7Cl2/c1-2-6-3-4-7(9)8(10)5-6/h2-5H,1H3. The van der Waals surface area contributed by atoms with Crippen LogP contribution >= 0.6 is 23.2 Å². The van der Waals surface area contributed by atoms with Crippen LogP contribution in [0, 0.1) is 6.42 Å². The van der Waals surface area contributed by atoms with Crippen molar-refractivity contribution < 1.29 is 0 Å². The maximum Gasteiger partial charge on any atom is 0.0595 e. The van der Waals surface area contributed by atoms with Gasteiger partial charge < -0.3 is 0 Å². The number of halogens is 2. The summed E-state index contributed by atoms with van der Waals surface area (Å²) in [5, 5.41) is 1.21. The van der Waals surface area contributed by atoms with Gasteiger partial charge in [-0.1, -0.05) is 36.2 Å². The monoisotopic (exact) mass is 173 g/mol. The molecular weight excluding hydrogens is 167 g/mol. The van der Waals surface area contributed by atoms with E-state index in [2.05, 4.69) is 0 Å². The van der Waals surface area contributed by atoms with Gasteiger partial charge in [0.2, 0.25) is 0 Å². The second kappa shape index (κ2) is 3.27. The molecule has 1 aromatic rings. The van der Waals surface area contributed by atoms with Gasteiger partial charge >= 0.3 is 0 Å². The third-order valence-corrected chi connectivity index (χ3v) is 2.02. The van der Waals surface area contributed by atoms with Crippen LogP contribution in [-0.4, -0.2) is 0 Å². The van der Waals surface area contributed by atoms with Crippen molar-refractivity contribution in [3.8, 4) is 0 Å². The van der Waals surface area contributed by atoms with Crippen LogP contribution in [0.25, 0.3) is 0 Å². The molecule has 1 aromatic carbocycles. The van der Waals surface area contributed by atoms with E-state index in [1.54, 1.807) is 6.07 Å². The van der Waals surface area contributed by atoms with E-state index in [1.807, 2.05) is 25.5 Å². The fourth-order valence-electron chi connectivity index (χ4n) is 0.692. The number of rotatable bonds is 1. The summed E-state index contributed by atoms with van der Waals surface area (Å²) in [6, 6.07) is 5.55. The fourth-order valence-corrected chi connectivity index (χ4v) is 0.998. The minimum Gasteiger partial charge on any atom is -0.0827 e. The molecule has 0 aliphatic carbocycles. The Hall–Kier alpha value is -0.200. The van der Waals surface area contributed by atoms with Gasteiger partial charge in [-0.2, -0.15) is 0 Å². The number of hydrogen-bond acceptors (Lipinski definition) is 0. The zero-order chi connectivity index (χ0) is 7.56. The average molecular weight is 174 g/mol. The maximum absolute atomic E-state index is 5.74. The van der Waals surface area contributed by atoms with E-state index in [0.717, 1.165) is 5.56 Å². The van der Waals surface area contributed by atoms with Gasteiger partial charge in [-0.3, -0.25) is 0 Å². The van der Waals surface area contributed by atoms with E-state index in [9.17, 15) is 0 Å². The largest absolute Gasteiger partial charge is 0.0827 e. The van der Waals surface area contributed by atoms with E-state index in [0.29, 0.717) is 10.0 Å². The molecule has 0 saturated heterocycles. The summed E-state index contributed by atoms with van der Waals surface area (Å²) in [4.78, 5) is 0. The van der Waals surface area contributed by atoms with Gasteiger partial charge in [0.1, 0.15) is 0 Å². The Balaban J connectivity index is 3.04. The van der Waals surface area contributed by atoms with Crippen LogP contribution in [0.4, 0.5) is 0 Å². The SMILES string of the molecule is C[CH]c1ccc(Cl)c(Cl)c1. The molecule has 0 unspecified atom stereocenters. The zero-order valence-corrected chi connectivity index (χ0v) is 7.08. The highest BCUT2D eigenvalue weighted by molar-refractivity contribution is 6.42. The van der Waals surface area contributed by atoms with Crippen LogP contribution in [-0.2, 0) is 0 Å². The second-order valence-electron chi connectivity index (χ2n) is 1.96. The molecule has 1 rings (SSSR count). The van der Waals surface area contributed by atoms with E-state index >= 15 is 0 Å². The summed E-state index contributed by atoms with van der Waals surface area (Å²) in [5.74, 6) is 0. The van der Waals surface area contributed by atoms with Crippen LogP contribution in [0.5, 0.6) is 0 Å². The van der Waals surface area contributed by atoms with E-state index in [-0.39, 0.29) is 0 Å². The molecule has 2 heteroatoms. The lowest BCUT2D eigenvalue weighted by atomic mass is 10.2. The van der Waals surface area contributed by atoms with E-state index < -0.39 is 0 Å². The molecule has 0 nitrogen and oxygen atoms in total. The summed E-state index contributed by atoms with van der Waals surface area (Å²) in [6.07, 6.45) is 1.97. The van der Waals surface area contributed by atoms with Gasteiger partial charge in [0.25, 0.3) is 0 Å². The van der Waals surface area contributed by atoms with Crippen LogP contribution in [0.3, 0.4) is 0 Å². The van der Waals surface area contributed by atoms with Gasteiger partial charge in [0.15, 0.2) is 0 Å². The normalized spacial score (nSPS) is 9.90. The molecule has 0 aliphatic rings. The Morgan fingerprint density at radius 3 is 2.40 bits per heavy atom. The first kappa shape index (κ1) is 7.90. The summed E-state index contributed by atoms with van der Waals surface area (Å²) < 4.78 is 0. The Bertz CT molecular complexity index is 231. The first-order valence-corrected chi connectivity index (χ1v) is 3.74.